The lowest BCUT2D eigenvalue weighted by Crippen LogP contribution is -2.27. The molecule has 0 unspecified atom stereocenters. The van der Waals surface area contributed by atoms with E-state index in [1.807, 2.05) is 0 Å². The highest BCUT2D eigenvalue weighted by Crippen LogP contribution is 2.27. The van der Waals surface area contributed by atoms with Crippen LogP contribution in [0, 0.1) is 5.92 Å². The highest BCUT2D eigenvalue weighted by Gasteiger charge is 2.23. The molecule has 0 bridgehead atoms. The summed E-state index contributed by atoms with van der Waals surface area (Å²) in [4.78, 5) is 0.278. The van der Waals surface area contributed by atoms with Crippen molar-refractivity contribution >= 4 is 27.2 Å². The topological polar surface area (TPSA) is 72.2 Å². The number of sulfonamides is 1. The van der Waals surface area contributed by atoms with Gasteiger partial charge in [-0.3, -0.25) is 0 Å². The summed E-state index contributed by atoms with van der Waals surface area (Å²) in [5.74, 6) is 0.499. The van der Waals surface area contributed by atoms with Crippen LogP contribution in [0.5, 0.6) is 0 Å². The van der Waals surface area contributed by atoms with Gasteiger partial charge in [0.1, 0.15) is 4.99 Å². The monoisotopic (exact) mass is 284 g/mol. The minimum absolute atomic E-state index is 0.0316. The summed E-state index contributed by atoms with van der Waals surface area (Å²) in [6.07, 6.45) is 2.25. The Morgan fingerprint density at radius 3 is 2.78 bits per heavy atom. The lowest BCUT2D eigenvalue weighted by Gasteiger charge is -2.07. The second-order valence-electron chi connectivity index (χ2n) is 4.62. The number of thiocarbonyl (C=S) groups is 1. The lowest BCUT2D eigenvalue weighted by molar-refractivity contribution is 0.576. The zero-order valence-corrected chi connectivity index (χ0v) is 11.6. The van der Waals surface area contributed by atoms with Crippen molar-refractivity contribution in [3.63, 3.8) is 0 Å². The van der Waals surface area contributed by atoms with Crippen molar-refractivity contribution in [2.75, 3.05) is 6.54 Å². The van der Waals surface area contributed by atoms with Crippen LogP contribution in [-0.2, 0) is 15.8 Å². The average Bonchev–Trinajstić information content (AvgIpc) is 3.10. The lowest BCUT2D eigenvalue weighted by atomic mass is 10.1. The number of hydrogen-bond acceptors (Lipinski definition) is 3. The Hall–Kier alpha value is -0.980. The van der Waals surface area contributed by atoms with Gasteiger partial charge in [-0.05, 0) is 30.4 Å². The van der Waals surface area contributed by atoms with Crippen molar-refractivity contribution in [2.24, 2.45) is 11.7 Å². The second-order valence-corrected chi connectivity index (χ2v) is 6.86. The third-order valence-electron chi connectivity index (χ3n) is 2.86. The van der Waals surface area contributed by atoms with E-state index < -0.39 is 10.0 Å². The molecule has 1 saturated carbocycles. The quantitative estimate of drug-likeness (QED) is 0.769. The SMILES string of the molecule is NC(=S)c1cccc(CS(=O)(=O)NCC2CC2)c1. The van der Waals surface area contributed by atoms with Crippen molar-refractivity contribution in [1.82, 2.24) is 4.72 Å². The molecule has 1 aromatic carbocycles. The molecule has 0 atom stereocenters. The number of benzene rings is 1. The summed E-state index contributed by atoms with van der Waals surface area (Å²) in [5.41, 5.74) is 6.91. The molecule has 1 aliphatic carbocycles. The normalized spacial score (nSPS) is 15.6. The Morgan fingerprint density at radius 2 is 2.17 bits per heavy atom. The van der Waals surface area contributed by atoms with E-state index in [-0.39, 0.29) is 10.7 Å². The highest BCUT2D eigenvalue weighted by molar-refractivity contribution is 7.88. The van der Waals surface area contributed by atoms with Crippen LogP contribution in [-0.4, -0.2) is 20.0 Å². The summed E-state index contributed by atoms with van der Waals surface area (Å²) in [6, 6.07) is 7.02. The molecule has 0 heterocycles. The fourth-order valence-electron chi connectivity index (χ4n) is 1.65. The second kappa shape index (κ2) is 5.34. The zero-order chi connectivity index (χ0) is 13.2. The van der Waals surface area contributed by atoms with Gasteiger partial charge < -0.3 is 5.73 Å². The Kier molecular flexibility index (Phi) is 3.99. The Labute approximate surface area is 113 Å². The molecule has 0 aromatic heterocycles. The van der Waals surface area contributed by atoms with Crippen LogP contribution in [0.15, 0.2) is 24.3 Å². The van der Waals surface area contributed by atoms with Gasteiger partial charge in [0.15, 0.2) is 0 Å². The maximum absolute atomic E-state index is 11.8. The third kappa shape index (κ3) is 4.04. The van der Waals surface area contributed by atoms with Crippen LogP contribution in [0.2, 0.25) is 0 Å². The standard InChI is InChI=1S/C12H16N2O2S2/c13-12(17)11-3-1-2-10(6-11)8-18(15,16)14-7-9-4-5-9/h1-3,6,9,14H,4-5,7-8H2,(H2,13,17). The number of rotatable bonds is 6. The fraction of sp³-hybridized carbons (Fsp3) is 0.417. The fourth-order valence-corrected chi connectivity index (χ4v) is 2.99. The molecule has 0 saturated heterocycles. The molecule has 6 heteroatoms. The summed E-state index contributed by atoms with van der Waals surface area (Å²) >= 11 is 4.87. The van der Waals surface area contributed by atoms with Crippen molar-refractivity contribution in [1.29, 1.82) is 0 Å². The van der Waals surface area contributed by atoms with Crippen LogP contribution in [0.25, 0.3) is 0 Å². The first-order valence-electron chi connectivity index (χ1n) is 5.82. The molecule has 0 radical (unpaired) electrons. The first kappa shape index (κ1) is 13.5. The van der Waals surface area contributed by atoms with E-state index in [0.29, 0.717) is 23.6 Å². The number of hydrogen-bond donors (Lipinski definition) is 2. The molecule has 1 aliphatic rings. The molecule has 0 amide bonds. The molecular formula is C12H16N2O2S2. The number of nitrogens with two attached hydrogens (primary N) is 1. The summed E-state index contributed by atoms with van der Waals surface area (Å²) < 4.78 is 26.3. The van der Waals surface area contributed by atoms with E-state index in [1.165, 1.54) is 0 Å². The summed E-state index contributed by atoms with van der Waals surface area (Å²) in [7, 11) is -3.27. The maximum Gasteiger partial charge on any atom is 0.215 e. The van der Waals surface area contributed by atoms with Crippen LogP contribution in [0.1, 0.15) is 24.0 Å². The largest absolute Gasteiger partial charge is 0.389 e. The molecule has 4 nitrogen and oxygen atoms in total. The van der Waals surface area contributed by atoms with Gasteiger partial charge in [-0.2, -0.15) is 0 Å². The Balaban J connectivity index is 2.02. The molecule has 3 N–H and O–H groups in total. The van der Waals surface area contributed by atoms with E-state index >= 15 is 0 Å². The first-order valence-corrected chi connectivity index (χ1v) is 7.88. The van der Waals surface area contributed by atoms with Crippen LogP contribution in [0.4, 0.5) is 0 Å². The zero-order valence-electron chi connectivity index (χ0n) is 9.93. The predicted molar refractivity (Wildman–Crippen MR) is 75.7 cm³/mol. The number of nitrogens with one attached hydrogen (secondary N) is 1. The molecule has 1 aromatic rings. The van der Waals surface area contributed by atoms with E-state index in [4.69, 9.17) is 18.0 Å². The van der Waals surface area contributed by atoms with Crippen LogP contribution in [0.3, 0.4) is 0 Å². The maximum atomic E-state index is 11.8. The van der Waals surface area contributed by atoms with Crippen molar-refractivity contribution in [2.45, 2.75) is 18.6 Å². The van der Waals surface area contributed by atoms with Crippen LogP contribution < -0.4 is 10.5 Å². The molecule has 0 aliphatic heterocycles. The third-order valence-corrected chi connectivity index (χ3v) is 4.41. The van der Waals surface area contributed by atoms with Gasteiger partial charge in [0.05, 0.1) is 5.75 Å². The summed E-state index contributed by atoms with van der Waals surface area (Å²) in [5, 5.41) is 0. The molecular weight excluding hydrogens is 268 g/mol. The molecule has 1 fully saturated rings. The van der Waals surface area contributed by atoms with Gasteiger partial charge in [-0.1, -0.05) is 30.4 Å². The van der Waals surface area contributed by atoms with Crippen molar-refractivity contribution in [3.05, 3.63) is 35.4 Å². The van der Waals surface area contributed by atoms with E-state index in [2.05, 4.69) is 4.72 Å². The Bertz CT molecular complexity index is 551. The van der Waals surface area contributed by atoms with Gasteiger partial charge in [0, 0.05) is 12.1 Å². The van der Waals surface area contributed by atoms with E-state index in [0.717, 1.165) is 12.8 Å². The minimum atomic E-state index is -3.27. The Morgan fingerprint density at radius 1 is 1.44 bits per heavy atom. The summed E-state index contributed by atoms with van der Waals surface area (Å²) in [6.45, 7) is 0.553. The van der Waals surface area contributed by atoms with Crippen molar-refractivity contribution in [3.8, 4) is 0 Å². The highest BCUT2D eigenvalue weighted by atomic mass is 32.2. The van der Waals surface area contributed by atoms with Gasteiger partial charge in [-0.15, -0.1) is 0 Å². The molecule has 2 rings (SSSR count). The van der Waals surface area contributed by atoms with Gasteiger partial charge >= 0.3 is 0 Å². The van der Waals surface area contributed by atoms with Gasteiger partial charge in [-0.25, -0.2) is 13.1 Å². The van der Waals surface area contributed by atoms with Gasteiger partial charge in [0.2, 0.25) is 10.0 Å². The molecule has 18 heavy (non-hydrogen) atoms. The van der Waals surface area contributed by atoms with E-state index in [9.17, 15) is 8.42 Å². The van der Waals surface area contributed by atoms with Gasteiger partial charge in [0.25, 0.3) is 0 Å². The van der Waals surface area contributed by atoms with Crippen molar-refractivity contribution < 1.29 is 8.42 Å². The van der Waals surface area contributed by atoms with Crippen LogP contribution >= 0.6 is 12.2 Å². The van der Waals surface area contributed by atoms with E-state index in [1.54, 1.807) is 24.3 Å². The minimum Gasteiger partial charge on any atom is -0.389 e. The predicted octanol–water partition coefficient (Wildman–Crippen LogP) is 1.15. The first-order chi connectivity index (χ1) is 8.46. The molecule has 0 spiro atoms. The smallest absolute Gasteiger partial charge is 0.215 e. The average molecular weight is 284 g/mol. The molecule has 98 valence electrons.